The summed E-state index contributed by atoms with van der Waals surface area (Å²) in [6.45, 7) is 2.00. The summed E-state index contributed by atoms with van der Waals surface area (Å²) >= 11 is 0. The Bertz CT molecular complexity index is 315. The molecule has 19 heavy (non-hydrogen) atoms. The number of Topliss-reactive ketones (excluding diaryl/α,β-unsaturated/α-hetero) is 2. The van der Waals surface area contributed by atoms with Crippen LogP contribution in [-0.4, -0.2) is 28.8 Å². The van der Waals surface area contributed by atoms with Crippen molar-refractivity contribution in [1.29, 1.82) is 0 Å². The molecule has 0 heterocycles. The van der Waals surface area contributed by atoms with Gasteiger partial charge in [-0.2, -0.15) is 9.59 Å². The van der Waals surface area contributed by atoms with Crippen molar-refractivity contribution in [1.82, 2.24) is 0 Å². The first-order valence-corrected chi connectivity index (χ1v) is 6.22. The molecule has 0 atom stereocenters. The Kier molecular flexibility index (Phi) is 14.6. The van der Waals surface area contributed by atoms with Crippen molar-refractivity contribution in [3.63, 3.8) is 0 Å². The zero-order valence-electron chi connectivity index (χ0n) is 11.1. The summed E-state index contributed by atoms with van der Waals surface area (Å²) in [6.07, 6.45) is 4.03. The topological polar surface area (TPSA) is 106 Å². The average Bonchev–Trinajstić information content (AvgIpc) is 2.33. The molecule has 108 valence electrons. The smallest absolute Gasteiger partial charge is 0.373 e. The molecule has 0 unspecified atom stereocenters. The van der Waals surface area contributed by atoms with Gasteiger partial charge >= 0.3 is 12.1 Å². The number of carbonyl (C=O) groups is 3. The molecule has 6 heteroatoms. The Labute approximate surface area is 112 Å². The van der Waals surface area contributed by atoms with Gasteiger partial charge in [0, 0.05) is 19.3 Å². The van der Waals surface area contributed by atoms with Gasteiger partial charge < -0.3 is 5.11 Å². The highest BCUT2D eigenvalue weighted by atomic mass is 16.4. The Balaban J connectivity index is 0. The van der Waals surface area contributed by atoms with Gasteiger partial charge in [0.2, 0.25) is 0 Å². The van der Waals surface area contributed by atoms with Crippen LogP contribution in [0, 0.1) is 0 Å². The van der Waals surface area contributed by atoms with Crippen molar-refractivity contribution in [3.8, 4) is 0 Å². The maximum absolute atomic E-state index is 11.3. The van der Waals surface area contributed by atoms with Crippen molar-refractivity contribution < 1.29 is 29.1 Å². The van der Waals surface area contributed by atoms with E-state index in [0.29, 0.717) is 25.7 Å². The Morgan fingerprint density at radius 3 is 1.74 bits per heavy atom. The predicted octanol–water partition coefficient (Wildman–Crippen LogP) is 1.77. The van der Waals surface area contributed by atoms with E-state index >= 15 is 0 Å². The highest BCUT2D eigenvalue weighted by molar-refractivity contribution is 5.98. The summed E-state index contributed by atoms with van der Waals surface area (Å²) < 4.78 is 0. The zero-order valence-corrected chi connectivity index (χ0v) is 11.1. The molecule has 0 aromatic rings. The summed E-state index contributed by atoms with van der Waals surface area (Å²) in [5.41, 5.74) is 0. The molecule has 0 radical (unpaired) electrons. The highest BCUT2D eigenvalue weighted by Gasteiger charge is 2.09. The van der Waals surface area contributed by atoms with Gasteiger partial charge in [0.1, 0.15) is 11.6 Å². The second-order valence-corrected chi connectivity index (χ2v) is 4.04. The molecule has 0 aromatic carbocycles. The largest absolute Gasteiger partial charge is 0.481 e. The molecule has 0 spiro atoms. The molecule has 0 saturated carbocycles. The molecule has 6 nitrogen and oxygen atoms in total. The number of carboxylic acid groups (broad SMARTS) is 1. The third kappa shape index (κ3) is 18.7. The number of carbonyl (C=O) groups excluding carboxylic acids is 4. The van der Waals surface area contributed by atoms with Gasteiger partial charge in [0.25, 0.3) is 0 Å². The number of carboxylic acids is 1. The molecule has 0 aliphatic carbocycles. The molecule has 1 N–H and O–H groups in total. The van der Waals surface area contributed by atoms with Gasteiger partial charge in [-0.25, -0.2) is 0 Å². The van der Waals surface area contributed by atoms with Crippen LogP contribution in [0.2, 0.25) is 0 Å². The maximum Gasteiger partial charge on any atom is 0.373 e. The fourth-order valence-corrected chi connectivity index (χ4v) is 1.37. The van der Waals surface area contributed by atoms with Crippen molar-refractivity contribution in [3.05, 3.63) is 0 Å². The fourth-order valence-electron chi connectivity index (χ4n) is 1.37. The maximum atomic E-state index is 11.3. The van der Waals surface area contributed by atoms with Gasteiger partial charge in [-0.1, -0.05) is 13.3 Å². The van der Waals surface area contributed by atoms with Crippen LogP contribution in [0.4, 0.5) is 0 Å². The summed E-state index contributed by atoms with van der Waals surface area (Å²) in [6, 6.07) is 0. The summed E-state index contributed by atoms with van der Waals surface area (Å²) in [5.74, 6) is -0.900. The summed E-state index contributed by atoms with van der Waals surface area (Å²) in [4.78, 5) is 49.0. The minimum absolute atomic E-state index is 0.00471. The van der Waals surface area contributed by atoms with Crippen molar-refractivity contribution in [2.45, 2.75) is 58.3 Å². The SMILES string of the molecule is CCCCC(=O)CC(=O)CCCCC(=O)O.O=C=O. The highest BCUT2D eigenvalue weighted by Crippen LogP contribution is 2.05. The lowest BCUT2D eigenvalue weighted by molar-refractivity contribution is -0.191. The van der Waals surface area contributed by atoms with E-state index in [1.54, 1.807) is 0 Å². The third-order valence-corrected chi connectivity index (χ3v) is 2.30. The molecule has 0 aromatic heterocycles. The molecule has 0 amide bonds. The number of hydrogen-bond donors (Lipinski definition) is 1. The minimum atomic E-state index is -0.841. The molecule has 0 aliphatic rings. The van der Waals surface area contributed by atoms with Crippen molar-refractivity contribution in [2.24, 2.45) is 0 Å². The van der Waals surface area contributed by atoms with Crippen molar-refractivity contribution >= 4 is 23.7 Å². The van der Waals surface area contributed by atoms with Gasteiger partial charge in [-0.15, -0.1) is 0 Å². The Morgan fingerprint density at radius 1 is 0.895 bits per heavy atom. The number of aliphatic carboxylic acids is 1. The molecular formula is C13H20O6. The molecule has 0 fully saturated rings. The first-order valence-electron chi connectivity index (χ1n) is 6.22. The zero-order chi connectivity index (χ0) is 15.1. The van der Waals surface area contributed by atoms with Crippen LogP contribution >= 0.6 is 0 Å². The molecule has 0 aliphatic heterocycles. The van der Waals surface area contributed by atoms with E-state index in [1.807, 2.05) is 6.92 Å². The lowest BCUT2D eigenvalue weighted by atomic mass is 10.0. The lowest BCUT2D eigenvalue weighted by Gasteiger charge is -2.00. The van der Waals surface area contributed by atoms with Crippen LogP contribution in [0.15, 0.2) is 0 Å². The van der Waals surface area contributed by atoms with Gasteiger partial charge in [-0.3, -0.25) is 14.4 Å². The first-order chi connectivity index (χ1) is 8.97. The van der Waals surface area contributed by atoms with E-state index in [9.17, 15) is 14.4 Å². The van der Waals surface area contributed by atoms with E-state index < -0.39 is 5.97 Å². The standard InChI is InChI=1S/C12H20O4.CO2/c1-2-3-6-10(13)9-11(14)7-4-5-8-12(15)16;2-1-3/h2-9H2,1H3,(H,15,16);. The Morgan fingerprint density at radius 2 is 1.32 bits per heavy atom. The lowest BCUT2D eigenvalue weighted by Crippen LogP contribution is -2.07. The van der Waals surface area contributed by atoms with E-state index in [2.05, 4.69) is 0 Å². The molecular weight excluding hydrogens is 252 g/mol. The van der Waals surface area contributed by atoms with E-state index in [1.165, 1.54) is 0 Å². The number of rotatable bonds is 10. The number of ketones is 2. The third-order valence-electron chi connectivity index (χ3n) is 2.30. The van der Waals surface area contributed by atoms with Crippen LogP contribution in [0.25, 0.3) is 0 Å². The van der Waals surface area contributed by atoms with Crippen molar-refractivity contribution in [2.75, 3.05) is 0 Å². The quantitative estimate of drug-likeness (QED) is 0.480. The first kappa shape index (κ1) is 19.5. The van der Waals surface area contributed by atoms with Crippen LogP contribution in [0.1, 0.15) is 58.3 Å². The van der Waals surface area contributed by atoms with E-state index in [-0.39, 0.29) is 30.6 Å². The predicted molar refractivity (Wildman–Crippen MR) is 65.3 cm³/mol. The van der Waals surface area contributed by atoms with Gasteiger partial charge in [0.05, 0.1) is 6.42 Å². The Hall–Kier alpha value is -1.81. The monoisotopic (exact) mass is 272 g/mol. The summed E-state index contributed by atoms with van der Waals surface area (Å²) in [5, 5.41) is 8.38. The summed E-state index contributed by atoms with van der Waals surface area (Å²) in [7, 11) is 0. The fraction of sp³-hybridized carbons (Fsp3) is 0.692. The van der Waals surface area contributed by atoms with Gasteiger partial charge in [0.15, 0.2) is 0 Å². The second-order valence-electron chi connectivity index (χ2n) is 4.04. The van der Waals surface area contributed by atoms with Gasteiger partial charge in [-0.05, 0) is 19.3 Å². The average molecular weight is 272 g/mol. The number of unbranched alkanes of at least 4 members (excludes halogenated alkanes) is 2. The molecule has 0 bridgehead atoms. The normalized spacial score (nSPS) is 8.89. The van der Waals surface area contributed by atoms with Crippen LogP contribution in [0.5, 0.6) is 0 Å². The second kappa shape index (κ2) is 14.3. The van der Waals surface area contributed by atoms with E-state index in [0.717, 1.165) is 12.8 Å². The van der Waals surface area contributed by atoms with Crippen LogP contribution in [-0.2, 0) is 24.0 Å². The molecule has 0 rings (SSSR count). The minimum Gasteiger partial charge on any atom is -0.481 e. The van der Waals surface area contributed by atoms with Crippen LogP contribution < -0.4 is 0 Å². The molecule has 0 saturated heterocycles. The van der Waals surface area contributed by atoms with E-state index in [4.69, 9.17) is 14.7 Å². The number of hydrogen-bond acceptors (Lipinski definition) is 5. The van der Waals surface area contributed by atoms with Crippen LogP contribution in [0.3, 0.4) is 0 Å².